The average Bonchev–Trinajstić information content (AvgIpc) is 3.61. The molecule has 3 aliphatic rings. The number of allylic oxidation sites excluding steroid dienone is 2. The monoisotopic (exact) mass is 668 g/mol. The Labute approximate surface area is 284 Å². The molecule has 6 aromatic carbocycles. The SMILES string of the molecule is FC(F)(F)c1ccc(/C=C2\C(=C3c4ccccc4-c4ccccc43)C(c3ccc(C(F)(F)F)cc3)C23c2ccccc2-c2ccccc23)cc1. The summed E-state index contributed by atoms with van der Waals surface area (Å²) in [4.78, 5) is 0. The largest absolute Gasteiger partial charge is 0.416 e. The van der Waals surface area contributed by atoms with Crippen molar-refractivity contribution in [3.8, 4) is 22.3 Å². The van der Waals surface area contributed by atoms with Gasteiger partial charge in [0.05, 0.1) is 16.5 Å². The van der Waals surface area contributed by atoms with Gasteiger partial charge in [-0.05, 0) is 96.6 Å². The van der Waals surface area contributed by atoms with Gasteiger partial charge in [0.25, 0.3) is 0 Å². The van der Waals surface area contributed by atoms with E-state index in [4.69, 9.17) is 0 Å². The van der Waals surface area contributed by atoms with Crippen molar-refractivity contribution in [1.29, 1.82) is 0 Å². The zero-order chi connectivity index (χ0) is 34.4. The first-order chi connectivity index (χ1) is 24.1. The molecule has 0 N–H and O–H groups in total. The van der Waals surface area contributed by atoms with Gasteiger partial charge in [-0.2, -0.15) is 26.3 Å². The minimum Gasteiger partial charge on any atom is -0.166 e. The van der Waals surface area contributed by atoms with Crippen LogP contribution in [0.2, 0.25) is 0 Å². The summed E-state index contributed by atoms with van der Waals surface area (Å²) in [5.41, 5.74) is 10.0. The van der Waals surface area contributed by atoms with Crippen LogP contribution in [0.15, 0.2) is 157 Å². The van der Waals surface area contributed by atoms with Crippen LogP contribution in [0.4, 0.5) is 26.3 Å². The van der Waals surface area contributed by atoms with E-state index in [0.717, 1.165) is 91.1 Å². The second kappa shape index (κ2) is 10.7. The van der Waals surface area contributed by atoms with Crippen LogP contribution in [0.25, 0.3) is 33.9 Å². The second-order valence-electron chi connectivity index (χ2n) is 13.0. The van der Waals surface area contributed by atoms with Crippen molar-refractivity contribution in [3.63, 3.8) is 0 Å². The maximum absolute atomic E-state index is 13.9. The molecule has 1 spiro atoms. The van der Waals surface area contributed by atoms with E-state index >= 15 is 0 Å². The quantitative estimate of drug-likeness (QED) is 0.161. The summed E-state index contributed by atoms with van der Waals surface area (Å²) in [5.74, 6) is -0.426. The fourth-order valence-corrected chi connectivity index (χ4v) is 8.53. The van der Waals surface area contributed by atoms with Gasteiger partial charge in [-0.3, -0.25) is 0 Å². The van der Waals surface area contributed by atoms with E-state index in [0.29, 0.717) is 5.56 Å². The number of alkyl halides is 6. The van der Waals surface area contributed by atoms with Crippen LogP contribution >= 0.6 is 0 Å². The molecular formula is C44H26F6. The number of fused-ring (bicyclic) bond motifs is 8. The number of benzene rings is 6. The van der Waals surface area contributed by atoms with Crippen molar-refractivity contribution in [3.05, 3.63) is 201 Å². The van der Waals surface area contributed by atoms with Crippen molar-refractivity contribution in [2.75, 3.05) is 0 Å². The van der Waals surface area contributed by atoms with Crippen molar-refractivity contribution < 1.29 is 26.3 Å². The van der Waals surface area contributed by atoms with Gasteiger partial charge in [0.1, 0.15) is 0 Å². The number of rotatable bonds is 2. The Morgan fingerprint density at radius 2 is 0.840 bits per heavy atom. The molecule has 3 aliphatic carbocycles. The molecule has 50 heavy (non-hydrogen) atoms. The van der Waals surface area contributed by atoms with E-state index in [1.54, 1.807) is 12.1 Å². The third-order valence-electron chi connectivity index (χ3n) is 10.5. The molecule has 1 fully saturated rings. The van der Waals surface area contributed by atoms with Crippen molar-refractivity contribution >= 4 is 11.6 Å². The fourth-order valence-electron chi connectivity index (χ4n) is 8.53. The van der Waals surface area contributed by atoms with Crippen molar-refractivity contribution in [2.45, 2.75) is 23.7 Å². The highest BCUT2D eigenvalue weighted by Gasteiger charge is 2.62. The van der Waals surface area contributed by atoms with E-state index in [-0.39, 0.29) is 0 Å². The smallest absolute Gasteiger partial charge is 0.166 e. The molecule has 0 saturated heterocycles. The first-order valence-corrected chi connectivity index (χ1v) is 16.3. The predicted molar refractivity (Wildman–Crippen MR) is 184 cm³/mol. The minimum atomic E-state index is -4.50. The minimum absolute atomic E-state index is 0.426. The molecule has 244 valence electrons. The van der Waals surface area contributed by atoms with Gasteiger partial charge < -0.3 is 0 Å². The van der Waals surface area contributed by atoms with Crippen LogP contribution < -0.4 is 0 Å². The number of hydrogen-bond donors (Lipinski definition) is 0. The summed E-state index contributed by atoms with van der Waals surface area (Å²) in [6.07, 6.45) is -7.00. The highest BCUT2D eigenvalue weighted by molar-refractivity contribution is 6.07. The van der Waals surface area contributed by atoms with Gasteiger partial charge in [-0.15, -0.1) is 0 Å². The molecule has 0 bridgehead atoms. The Bertz CT molecular complexity index is 2300. The van der Waals surface area contributed by atoms with Crippen molar-refractivity contribution in [2.24, 2.45) is 0 Å². The van der Waals surface area contributed by atoms with Gasteiger partial charge in [0.15, 0.2) is 0 Å². The lowest BCUT2D eigenvalue weighted by Gasteiger charge is -2.55. The third-order valence-corrected chi connectivity index (χ3v) is 10.5. The molecule has 1 atom stereocenters. The first kappa shape index (κ1) is 30.4. The van der Waals surface area contributed by atoms with E-state index in [1.165, 1.54) is 12.1 Å². The zero-order valence-corrected chi connectivity index (χ0v) is 26.3. The number of hydrogen-bond acceptors (Lipinski definition) is 0. The van der Waals surface area contributed by atoms with Gasteiger partial charge >= 0.3 is 12.4 Å². The molecule has 0 radical (unpaired) electrons. The Morgan fingerprint density at radius 1 is 0.440 bits per heavy atom. The van der Waals surface area contributed by atoms with Crippen LogP contribution in [0, 0.1) is 0 Å². The van der Waals surface area contributed by atoms with Crippen LogP contribution in [0.1, 0.15) is 50.4 Å². The molecule has 1 unspecified atom stereocenters. The third kappa shape index (κ3) is 4.27. The van der Waals surface area contributed by atoms with Gasteiger partial charge in [0.2, 0.25) is 0 Å². The molecule has 0 amide bonds. The van der Waals surface area contributed by atoms with Crippen molar-refractivity contribution in [1.82, 2.24) is 0 Å². The Hall–Kier alpha value is -5.62. The first-order valence-electron chi connectivity index (χ1n) is 16.3. The maximum atomic E-state index is 13.9. The summed E-state index contributed by atoms with van der Waals surface area (Å²) in [6, 6.07) is 43.0. The number of halogens is 6. The predicted octanol–water partition coefficient (Wildman–Crippen LogP) is 12.4. The summed E-state index contributed by atoms with van der Waals surface area (Å²) < 4.78 is 82.5. The zero-order valence-electron chi connectivity index (χ0n) is 26.3. The lowest BCUT2D eigenvalue weighted by atomic mass is 9.46. The van der Waals surface area contributed by atoms with Crippen LogP contribution in [0.5, 0.6) is 0 Å². The molecule has 9 rings (SSSR count). The maximum Gasteiger partial charge on any atom is 0.416 e. The van der Waals surface area contributed by atoms with Gasteiger partial charge in [-0.25, -0.2) is 0 Å². The molecule has 0 aliphatic heterocycles. The lowest BCUT2D eigenvalue weighted by Crippen LogP contribution is -2.47. The Morgan fingerprint density at radius 3 is 1.30 bits per heavy atom. The topological polar surface area (TPSA) is 0 Å². The van der Waals surface area contributed by atoms with E-state index < -0.39 is 34.8 Å². The van der Waals surface area contributed by atoms with E-state index in [2.05, 4.69) is 48.5 Å². The average molecular weight is 669 g/mol. The van der Waals surface area contributed by atoms with Crippen LogP contribution in [-0.2, 0) is 17.8 Å². The van der Waals surface area contributed by atoms with Crippen LogP contribution in [-0.4, -0.2) is 0 Å². The molecule has 6 aromatic rings. The molecule has 0 nitrogen and oxygen atoms in total. The summed E-state index contributed by atoms with van der Waals surface area (Å²) in [7, 11) is 0. The molecule has 6 heteroatoms. The highest BCUT2D eigenvalue weighted by atomic mass is 19.4. The van der Waals surface area contributed by atoms with Gasteiger partial charge in [-0.1, -0.05) is 127 Å². The summed E-state index contributed by atoms with van der Waals surface area (Å²) in [5, 5.41) is 0. The second-order valence-corrected chi connectivity index (χ2v) is 13.0. The lowest BCUT2D eigenvalue weighted by molar-refractivity contribution is -0.138. The molecule has 0 heterocycles. The molecular weight excluding hydrogens is 642 g/mol. The van der Waals surface area contributed by atoms with Gasteiger partial charge in [0, 0.05) is 5.92 Å². The standard InChI is InChI=1S/C44H26F6/c45-43(46,47)28-21-17-26(18-22-28)25-38-40(39-34-13-3-1-9-30(34)31-10-2-4-14-35(31)39)41(27-19-23-29(24-20-27)44(48,49)50)42(38)36-15-7-5-11-32(36)33-12-6-8-16-37(33)42/h1-25,41H/b38-25+. The summed E-state index contributed by atoms with van der Waals surface area (Å²) in [6.45, 7) is 0. The van der Waals surface area contributed by atoms with E-state index in [1.807, 2.05) is 54.6 Å². The van der Waals surface area contributed by atoms with E-state index in [9.17, 15) is 26.3 Å². The van der Waals surface area contributed by atoms with Crippen LogP contribution in [0.3, 0.4) is 0 Å². The molecule has 0 aromatic heterocycles. The summed E-state index contributed by atoms with van der Waals surface area (Å²) >= 11 is 0. The normalized spacial score (nSPS) is 17.7. The molecule has 1 saturated carbocycles. The Balaban J connectivity index is 1.41. The Kier molecular flexibility index (Phi) is 6.51. The fraction of sp³-hybridized carbons (Fsp3) is 0.0909. The highest BCUT2D eigenvalue weighted by Crippen LogP contribution is 2.72.